The third kappa shape index (κ3) is 3.49. The molecule has 0 radical (unpaired) electrons. The topological polar surface area (TPSA) is 58.0 Å². The highest BCUT2D eigenvalue weighted by Gasteiger charge is 2.14. The smallest absolute Gasteiger partial charge is 0.194 e. The van der Waals surface area contributed by atoms with E-state index in [0.717, 1.165) is 12.1 Å². The third-order valence-electron chi connectivity index (χ3n) is 2.80. The molecule has 1 aromatic carbocycles. The number of anilines is 1. The van der Waals surface area contributed by atoms with Gasteiger partial charge in [-0.2, -0.15) is 0 Å². The molecule has 0 amide bonds. The lowest BCUT2D eigenvalue weighted by Crippen LogP contribution is -2.09. The van der Waals surface area contributed by atoms with Gasteiger partial charge in [0.2, 0.25) is 0 Å². The van der Waals surface area contributed by atoms with Gasteiger partial charge < -0.3 is 10.4 Å². The van der Waals surface area contributed by atoms with Crippen molar-refractivity contribution in [2.75, 3.05) is 18.5 Å². The van der Waals surface area contributed by atoms with Crippen LogP contribution in [0.15, 0.2) is 18.2 Å². The van der Waals surface area contributed by atoms with Crippen LogP contribution in [0.3, 0.4) is 0 Å². The van der Waals surface area contributed by atoms with Crippen molar-refractivity contribution in [3.8, 4) is 11.4 Å². The van der Waals surface area contributed by atoms with Gasteiger partial charge in [-0.25, -0.2) is 23.1 Å². The zero-order valence-electron chi connectivity index (χ0n) is 11.3. The second kappa shape index (κ2) is 6.53. The Labute approximate surface area is 119 Å². The van der Waals surface area contributed by atoms with Gasteiger partial charge in [-0.3, -0.25) is 0 Å². The van der Waals surface area contributed by atoms with Crippen molar-refractivity contribution in [3.63, 3.8) is 0 Å². The van der Waals surface area contributed by atoms with Crippen molar-refractivity contribution in [1.82, 2.24) is 9.97 Å². The van der Waals surface area contributed by atoms with Crippen LogP contribution in [0.25, 0.3) is 11.4 Å². The summed E-state index contributed by atoms with van der Waals surface area (Å²) in [5.41, 5.74) is 0.708. The zero-order valence-corrected chi connectivity index (χ0v) is 11.3. The Morgan fingerprint density at radius 3 is 2.33 bits per heavy atom. The fourth-order valence-corrected chi connectivity index (χ4v) is 1.77. The fraction of sp³-hybridized carbons (Fsp3) is 0.286. The molecule has 0 aliphatic heterocycles. The maximum absolute atomic E-state index is 13.3. The van der Waals surface area contributed by atoms with Crippen molar-refractivity contribution >= 4 is 5.82 Å². The molecule has 0 fully saturated rings. The second-order valence-electron chi connectivity index (χ2n) is 4.33. The maximum atomic E-state index is 13.3. The van der Waals surface area contributed by atoms with Gasteiger partial charge in [0.1, 0.15) is 5.82 Å². The van der Waals surface area contributed by atoms with E-state index in [2.05, 4.69) is 15.3 Å². The summed E-state index contributed by atoms with van der Waals surface area (Å²) in [5.74, 6) is -3.59. The van der Waals surface area contributed by atoms with E-state index >= 15 is 0 Å². The van der Waals surface area contributed by atoms with E-state index < -0.39 is 17.5 Å². The molecule has 0 aliphatic carbocycles. The summed E-state index contributed by atoms with van der Waals surface area (Å²) >= 11 is 0. The Bertz CT molecular complexity index is 626. The normalized spacial score (nSPS) is 10.7. The summed E-state index contributed by atoms with van der Waals surface area (Å²) in [6.07, 6.45) is 0.593. The quantitative estimate of drug-likeness (QED) is 0.833. The molecule has 1 heterocycles. The van der Waals surface area contributed by atoms with Gasteiger partial charge >= 0.3 is 0 Å². The second-order valence-corrected chi connectivity index (χ2v) is 4.33. The molecule has 7 heteroatoms. The van der Waals surface area contributed by atoms with Crippen LogP contribution in [-0.4, -0.2) is 28.2 Å². The van der Waals surface area contributed by atoms with Crippen LogP contribution < -0.4 is 5.32 Å². The van der Waals surface area contributed by atoms with Gasteiger partial charge in [-0.15, -0.1) is 0 Å². The third-order valence-corrected chi connectivity index (χ3v) is 2.80. The van der Waals surface area contributed by atoms with Gasteiger partial charge in [0.15, 0.2) is 23.3 Å². The first kappa shape index (κ1) is 15.2. The van der Waals surface area contributed by atoms with E-state index in [4.69, 9.17) is 5.11 Å². The number of hydrogen-bond acceptors (Lipinski definition) is 4. The molecule has 0 unspecified atom stereocenters. The summed E-state index contributed by atoms with van der Waals surface area (Å²) in [5, 5.41) is 11.7. The molecule has 0 atom stereocenters. The number of hydrogen-bond donors (Lipinski definition) is 2. The minimum Gasteiger partial charge on any atom is -0.395 e. The minimum absolute atomic E-state index is 0.0498. The first-order valence-corrected chi connectivity index (χ1v) is 6.42. The average Bonchev–Trinajstić information content (AvgIpc) is 2.49. The summed E-state index contributed by atoms with van der Waals surface area (Å²) in [4.78, 5) is 8.28. The average molecular weight is 297 g/mol. The Hall–Kier alpha value is -2.15. The van der Waals surface area contributed by atoms with Crippen LogP contribution in [-0.2, 0) is 6.42 Å². The molecule has 21 heavy (non-hydrogen) atoms. The van der Waals surface area contributed by atoms with Crippen molar-refractivity contribution in [3.05, 3.63) is 41.3 Å². The number of halogens is 3. The number of nitrogens with one attached hydrogen (secondary N) is 1. The molecule has 0 saturated carbocycles. The lowest BCUT2D eigenvalue weighted by atomic mass is 10.2. The molecule has 1 aromatic heterocycles. The first-order chi connectivity index (χ1) is 10.0. The van der Waals surface area contributed by atoms with Crippen LogP contribution in [0.5, 0.6) is 0 Å². The first-order valence-electron chi connectivity index (χ1n) is 6.42. The fourth-order valence-electron chi connectivity index (χ4n) is 1.77. The number of aliphatic hydroxyl groups excluding tert-OH is 1. The van der Waals surface area contributed by atoms with Crippen LogP contribution in [0, 0.1) is 17.5 Å². The maximum Gasteiger partial charge on any atom is 0.194 e. The predicted molar refractivity (Wildman–Crippen MR) is 72.3 cm³/mol. The zero-order chi connectivity index (χ0) is 15.4. The summed E-state index contributed by atoms with van der Waals surface area (Å²) in [6, 6.07) is 3.38. The monoisotopic (exact) mass is 297 g/mol. The lowest BCUT2D eigenvalue weighted by molar-refractivity contribution is 0.311. The molecular formula is C14H14F3N3O. The minimum atomic E-state index is -1.52. The Morgan fingerprint density at radius 2 is 1.76 bits per heavy atom. The summed E-state index contributed by atoms with van der Waals surface area (Å²) < 4.78 is 39.6. The van der Waals surface area contributed by atoms with Gasteiger partial charge in [0.25, 0.3) is 0 Å². The van der Waals surface area contributed by atoms with E-state index in [9.17, 15) is 13.2 Å². The van der Waals surface area contributed by atoms with Gasteiger partial charge in [-0.05, 0) is 18.6 Å². The van der Waals surface area contributed by atoms with Crippen molar-refractivity contribution < 1.29 is 18.3 Å². The highest BCUT2D eigenvalue weighted by atomic mass is 19.2. The Kier molecular flexibility index (Phi) is 4.74. The number of aryl methyl sites for hydroxylation is 1. The number of aromatic nitrogens is 2. The molecule has 112 valence electrons. The van der Waals surface area contributed by atoms with E-state index in [1.807, 2.05) is 6.92 Å². The van der Waals surface area contributed by atoms with Crippen LogP contribution in [0.4, 0.5) is 19.0 Å². The predicted octanol–water partition coefficient (Wildman–Crippen LogP) is 2.53. The van der Waals surface area contributed by atoms with Crippen molar-refractivity contribution in [1.29, 1.82) is 0 Å². The molecule has 2 N–H and O–H groups in total. The van der Waals surface area contributed by atoms with Crippen molar-refractivity contribution in [2.45, 2.75) is 13.3 Å². The number of aliphatic hydroxyl groups is 1. The standard InChI is InChI=1S/C14H14F3N3O/c1-2-9-7-12(18-3-4-21)20-14(19-9)8-5-10(15)13(17)11(16)6-8/h5-7,21H,2-4H2,1H3,(H,18,19,20). The van der Waals surface area contributed by atoms with E-state index in [-0.39, 0.29) is 24.5 Å². The van der Waals surface area contributed by atoms with E-state index in [1.165, 1.54) is 0 Å². The largest absolute Gasteiger partial charge is 0.395 e. The number of nitrogens with zero attached hydrogens (tertiary/aromatic N) is 2. The van der Waals surface area contributed by atoms with Crippen LogP contribution in [0.2, 0.25) is 0 Å². The van der Waals surface area contributed by atoms with Crippen molar-refractivity contribution in [2.24, 2.45) is 0 Å². The molecule has 4 nitrogen and oxygen atoms in total. The van der Waals surface area contributed by atoms with Gasteiger partial charge in [0, 0.05) is 23.9 Å². The van der Waals surface area contributed by atoms with Crippen LogP contribution in [0.1, 0.15) is 12.6 Å². The highest BCUT2D eigenvalue weighted by Crippen LogP contribution is 2.22. The molecule has 0 aliphatic rings. The SMILES string of the molecule is CCc1cc(NCCO)nc(-c2cc(F)c(F)c(F)c2)n1. The summed E-state index contributed by atoms with van der Waals surface area (Å²) in [6.45, 7) is 2.07. The summed E-state index contributed by atoms with van der Waals surface area (Å²) in [7, 11) is 0. The number of rotatable bonds is 5. The molecular weight excluding hydrogens is 283 g/mol. The molecule has 0 spiro atoms. The van der Waals surface area contributed by atoms with E-state index in [0.29, 0.717) is 17.9 Å². The lowest BCUT2D eigenvalue weighted by Gasteiger charge is -2.09. The molecule has 0 bridgehead atoms. The molecule has 2 rings (SSSR count). The molecule has 2 aromatic rings. The molecule has 0 saturated heterocycles. The van der Waals surface area contributed by atoms with Gasteiger partial charge in [-0.1, -0.05) is 6.92 Å². The van der Waals surface area contributed by atoms with Gasteiger partial charge in [0.05, 0.1) is 6.61 Å². The number of benzene rings is 1. The van der Waals surface area contributed by atoms with E-state index in [1.54, 1.807) is 6.07 Å². The van der Waals surface area contributed by atoms with Crippen LogP contribution >= 0.6 is 0 Å². The highest BCUT2D eigenvalue weighted by molar-refractivity contribution is 5.58. The Balaban J connectivity index is 2.47. The Morgan fingerprint density at radius 1 is 1.10 bits per heavy atom.